The van der Waals surface area contributed by atoms with Crippen molar-refractivity contribution in [2.75, 3.05) is 7.11 Å². The van der Waals surface area contributed by atoms with Crippen LogP contribution in [0.1, 0.15) is 30.0 Å². The van der Waals surface area contributed by atoms with Gasteiger partial charge in [-0.05, 0) is 49.1 Å². The minimum absolute atomic E-state index is 0.469. The average Bonchev–Trinajstić information content (AvgIpc) is 2.91. The Labute approximate surface area is 116 Å². The molecule has 0 fully saturated rings. The van der Waals surface area contributed by atoms with Crippen LogP contribution >= 0.6 is 0 Å². The van der Waals surface area contributed by atoms with Gasteiger partial charge in [-0.2, -0.15) is 5.10 Å². The quantitative estimate of drug-likeness (QED) is 0.931. The van der Waals surface area contributed by atoms with Gasteiger partial charge >= 0.3 is 5.97 Å². The predicted octanol–water partition coefficient (Wildman–Crippen LogP) is 2.39. The molecule has 104 valence electrons. The fraction of sp³-hybridized carbons (Fsp3) is 0.333. The van der Waals surface area contributed by atoms with Crippen LogP contribution < -0.4 is 4.74 Å². The highest BCUT2D eigenvalue weighted by Crippen LogP contribution is 2.33. The molecule has 5 heteroatoms. The number of hydrogen-bond acceptors (Lipinski definition) is 3. The van der Waals surface area contributed by atoms with E-state index in [1.54, 1.807) is 18.0 Å². The van der Waals surface area contributed by atoms with Crippen molar-refractivity contribution in [2.45, 2.75) is 25.2 Å². The molecule has 1 heterocycles. The molecule has 1 N–H and O–H groups in total. The molecule has 1 atom stereocenters. The van der Waals surface area contributed by atoms with Gasteiger partial charge in [-0.3, -0.25) is 4.79 Å². The fourth-order valence-corrected chi connectivity index (χ4v) is 2.76. The lowest BCUT2D eigenvalue weighted by atomic mass is 9.88. The number of methoxy groups -OCH3 is 1. The summed E-state index contributed by atoms with van der Waals surface area (Å²) in [5.74, 6) is -0.478. The van der Waals surface area contributed by atoms with Crippen LogP contribution in [0.2, 0.25) is 0 Å². The van der Waals surface area contributed by atoms with Crippen LogP contribution in [0, 0.1) is 0 Å². The zero-order chi connectivity index (χ0) is 14.1. The Bertz CT molecular complexity index is 631. The molecule has 1 aliphatic carbocycles. The highest BCUT2D eigenvalue weighted by molar-refractivity contribution is 5.76. The number of carbonyl (C=O) groups is 1. The third-order valence-electron chi connectivity index (χ3n) is 3.77. The number of rotatable bonds is 3. The Morgan fingerprint density at radius 3 is 2.80 bits per heavy atom. The average molecular weight is 272 g/mol. The van der Waals surface area contributed by atoms with Crippen molar-refractivity contribution in [3.63, 3.8) is 0 Å². The number of benzene rings is 1. The molecule has 0 amide bonds. The summed E-state index contributed by atoms with van der Waals surface area (Å²) in [6, 6.07) is 7.48. The second kappa shape index (κ2) is 5.00. The lowest BCUT2D eigenvalue weighted by molar-refractivity contribution is -0.139. The summed E-state index contributed by atoms with van der Waals surface area (Å²) in [5.41, 5.74) is 2.72. The summed E-state index contributed by atoms with van der Waals surface area (Å²) >= 11 is 0. The molecule has 20 heavy (non-hydrogen) atoms. The largest absolute Gasteiger partial charge is 0.497 e. The number of carboxylic acid groups (broad SMARTS) is 1. The molecular weight excluding hydrogens is 256 g/mol. The number of aliphatic carboxylic acids is 1. The monoisotopic (exact) mass is 272 g/mol. The number of aromatic nitrogens is 2. The highest BCUT2D eigenvalue weighted by Gasteiger charge is 2.30. The molecular formula is C15H16N2O3. The normalized spacial score (nSPS) is 17.6. The van der Waals surface area contributed by atoms with E-state index in [1.807, 2.05) is 24.3 Å². The van der Waals surface area contributed by atoms with Crippen LogP contribution in [0.15, 0.2) is 30.5 Å². The predicted molar refractivity (Wildman–Crippen MR) is 73.4 cm³/mol. The first kappa shape index (κ1) is 12.7. The van der Waals surface area contributed by atoms with Gasteiger partial charge in [0.1, 0.15) is 5.75 Å². The topological polar surface area (TPSA) is 64.4 Å². The Kier molecular flexibility index (Phi) is 3.18. The first-order valence-corrected chi connectivity index (χ1v) is 6.64. The van der Waals surface area contributed by atoms with E-state index in [9.17, 15) is 9.90 Å². The Balaban J connectivity index is 2.06. The second-order valence-corrected chi connectivity index (χ2v) is 4.95. The van der Waals surface area contributed by atoms with E-state index in [0.717, 1.165) is 35.5 Å². The maximum absolute atomic E-state index is 11.4. The molecule has 0 spiro atoms. The van der Waals surface area contributed by atoms with Gasteiger partial charge < -0.3 is 9.84 Å². The third kappa shape index (κ3) is 2.05. The standard InChI is InChI=1S/C15H16N2O3/c1-20-12-7-5-11(6-8-12)17-14-10(9-16-17)3-2-4-13(14)15(18)19/h5-9,13H,2-4H2,1H3,(H,18,19). The summed E-state index contributed by atoms with van der Waals surface area (Å²) in [4.78, 5) is 11.4. The van der Waals surface area contributed by atoms with Crippen LogP contribution in [0.5, 0.6) is 5.75 Å². The zero-order valence-electron chi connectivity index (χ0n) is 11.2. The van der Waals surface area contributed by atoms with Crippen LogP contribution in [-0.2, 0) is 11.2 Å². The van der Waals surface area contributed by atoms with Crippen molar-refractivity contribution in [2.24, 2.45) is 0 Å². The smallest absolute Gasteiger partial charge is 0.312 e. The van der Waals surface area contributed by atoms with E-state index in [2.05, 4.69) is 5.10 Å². The van der Waals surface area contributed by atoms with Gasteiger partial charge in [-0.1, -0.05) is 0 Å². The maximum Gasteiger partial charge on any atom is 0.312 e. The first-order chi connectivity index (χ1) is 9.70. The molecule has 5 nitrogen and oxygen atoms in total. The number of nitrogens with zero attached hydrogens (tertiary/aromatic N) is 2. The van der Waals surface area contributed by atoms with Crippen molar-refractivity contribution in [3.8, 4) is 11.4 Å². The van der Waals surface area contributed by atoms with Crippen molar-refractivity contribution in [1.82, 2.24) is 9.78 Å². The minimum atomic E-state index is -0.777. The lowest BCUT2D eigenvalue weighted by Crippen LogP contribution is -2.20. The number of hydrogen-bond donors (Lipinski definition) is 1. The van der Waals surface area contributed by atoms with Gasteiger partial charge in [0.2, 0.25) is 0 Å². The van der Waals surface area contributed by atoms with Crippen LogP contribution in [0.4, 0.5) is 0 Å². The van der Waals surface area contributed by atoms with E-state index in [1.165, 1.54) is 0 Å². The Hall–Kier alpha value is -2.30. The van der Waals surface area contributed by atoms with Gasteiger partial charge in [0, 0.05) is 0 Å². The zero-order valence-corrected chi connectivity index (χ0v) is 11.2. The Morgan fingerprint density at radius 2 is 2.15 bits per heavy atom. The molecule has 0 radical (unpaired) electrons. The van der Waals surface area contributed by atoms with E-state index in [-0.39, 0.29) is 0 Å². The summed E-state index contributed by atoms with van der Waals surface area (Å²) in [6.45, 7) is 0. The van der Waals surface area contributed by atoms with E-state index >= 15 is 0 Å². The van der Waals surface area contributed by atoms with E-state index in [0.29, 0.717) is 6.42 Å². The maximum atomic E-state index is 11.4. The molecule has 0 aliphatic heterocycles. The molecule has 1 aromatic heterocycles. The molecule has 0 bridgehead atoms. The van der Waals surface area contributed by atoms with Crippen molar-refractivity contribution >= 4 is 5.97 Å². The number of fused-ring (bicyclic) bond motifs is 1. The minimum Gasteiger partial charge on any atom is -0.497 e. The molecule has 1 aromatic carbocycles. The van der Waals surface area contributed by atoms with Gasteiger partial charge in [0.05, 0.1) is 30.6 Å². The Morgan fingerprint density at radius 1 is 1.40 bits per heavy atom. The summed E-state index contributed by atoms with van der Waals surface area (Å²) in [6.07, 6.45) is 4.26. The number of aryl methyl sites for hydroxylation is 1. The van der Waals surface area contributed by atoms with Gasteiger partial charge in [-0.15, -0.1) is 0 Å². The van der Waals surface area contributed by atoms with E-state index in [4.69, 9.17) is 4.74 Å². The SMILES string of the molecule is COc1ccc(-n2ncc3c2C(C(=O)O)CCC3)cc1. The summed E-state index contributed by atoms with van der Waals surface area (Å²) in [5, 5.41) is 13.8. The first-order valence-electron chi connectivity index (χ1n) is 6.64. The van der Waals surface area contributed by atoms with Crippen LogP contribution in [0.3, 0.4) is 0 Å². The molecule has 0 saturated carbocycles. The third-order valence-corrected chi connectivity index (χ3v) is 3.77. The molecule has 3 rings (SSSR count). The summed E-state index contributed by atoms with van der Waals surface area (Å²) < 4.78 is 6.88. The second-order valence-electron chi connectivity index (χ2n) is 4.95. The molecule has 2 aromatic rings. The fourth-order valence-electron chi connectivity index (χ4n) is 2.76. The molecule has 1 unspecified atom stereocenters. The summed E-state index contributed by atoms with van der Waals surface area (Å²) in [7, 11) is 1.62. The molecule has 1 aliphatic rings. The van der Waals surface area contributed by atoms with Gasteiger partial charge in [0.15, 0.2) is 0 Å². The lowest BCUT2D eigenvalue weighted by Gasteiger charge is -2.21. The highest BCUT2D eigenvalue weighted by atomic mass is 16.5. The van der Waals surface area contributed by atoms with Crippen LogP contribution in [-0.4, -0.2) is 28.0 Å². The van der Waals surface area contributed by atoms with Crippen LogP contribution in [0.25, 0.3) is 5.69 Å². The van der Waals surface area contributed by atoms with Gasteiger partial charge in [-0.25, -0.2) is 4.68 Å². The van der Waals surface area contributed by atoms with Crippen molar-refractivity contribution in [1.29, 1.82) is 0 Å². The van der Waals surface area contributed by atoms with Crippen molar-refractivity contribution in [3.05, 3.63) is 41.7 Å². The van der Waals surface area contributed by atoms with Crippen molar-refractivity contribution < 1.29 is 14.6 Å². The van der Waals surface area contributed by atoms with Gasteiger partial charge in [0.25, 0.3) is 0 Å². The van der Waals surface area contributed by atoms with E-state index < -0.39 is 11.9 Å². The molecule has 0 saturated heterocycles. The number of carboxylic acids is 1. The number of ether oxygens (including phenoxy) is 1.